The SMILES string of the molecule is Nc1ccc(OCc2cnc(Cl)cc2Cl)cc1. The quantitative estimate of drug-likeness (QED) is 0.684. The number of halogens is 2. The molecule has 1 heterocycles. The van der Waals surface area contributed by atoms with Crippen molar-refractivity contribution in [2.24, 2.45) is 0 Å². The zero-order valence-corrected chi connectivity index (χ0v) is 10.4. The highest BCUT2D eigenvalue weighted by Gasteiger charge is 2.03. The summed E-state index contributed by atoms with van der Waals surface area (Å²) in [7, 11) is 0. The number of pyridine rings is 1. The summed E-state index contributed by atoms with van der Waals surface area (Å²) in [5.74, 6) is 0.727. The predicted molar refractivity (Wildman–Crippen MR) is 69.4 cm³/mol. The average molecular weight is 269 g/mol. The van der Waals surface area contributed by atoms with E-state index in [1.54, 1.807) is 36.5 Å². The van der Waals surface area contributed by atoms with Crippen LogP contribution < -0.4 is 10.5 Å². The second kappa shape index (κ2) is 5.25. The van der Waals surface area contributed by atoms with Crippen LogP contribution in [0.15, 0.2) is 36.5 Å². The molecule has 0 unspecified atom stereocenters. The number of nitrogens with two attached hydrogens (primary N) is 1. The van der Waals surface area contributed by atoms with E-state index in [9.17, 15) is 0 Å². The van der Waals surface area contributed by atoms with Crippen LogP contribution in [0.3, 0.4) is 0 Å². The Labute approximate surface area is 109 Å². The van der Waals surface area contributed by atoms with E-state index in [0.29, 0.717) is 22.5 Å². The van der Waals surface area contributed by atoms with Crippen molar-refractivity contribution in [2.75, 3.05) is 5.73 Å². The molecule has 0 saturated carbocycles. The minimum atomic E-state index is 0.340. The lowest BCUT2D eigenvalue weighted by Crippen LogP contribution is -1.97. The molecule has 0 spiro atoms. The molecule has 0 aliphatic heterocycles. The van der Waals surface area contributed by atoms with Gasteiger partial charge in [-0.05, 0) is 30.3 Å². The Kier molecular flexibility index (Phi) is 3.71. The molecule has 2 aromatic rings. The van der Waals surface area contributed by atoms with Crippen LogP contribution in [0.2, 0.25) is 10.2 Å². The van der Waals surface area contributed by atoms with Crippen LogP contribution in [-0.2, 0) is 6.61 Å². The van der Waals surface area contributed by atoms with Gasteiger partial charge in [0.25, 0.3) is 0 Å². The highest BCUT2D eigenvalue weighted by molar-refractivity contribution is 6.34. The number of anilines is 1. The van der Waals surface area contributed by atoms with Crippen LogP contribution >= 0.6 is 23.2 Å². The fraction of sp³-hybridized carbons (Fsp3) is 0.0833. The van der Waals surface area contributed by atoms with Crippen molar-refractivity contribution in [3.63, 3.8) is 0 Å². The second-order valence-electron chi connectivity index (χ2n) is 3.46. The molecule has 0 aliphatic carbocycles. The van der Waals surface area contributed by atoms with Gasteiger partial charge >= 0.3 is 0 Å². The maximum Gasteiger partial charge on any atom is 0.130 e. The van der Waals surface area contributed by atoms with Crippen molar-refractivity contribution in [3.05, 3.63) is 52.3 Å². The van der Waals surface area contributed by atoms with Crippen molar-refractivity contribution < 1.29 is 4.74 Å². The molecule has 17 heavy (non-hydrogen) atoms. The van der Waals surface area contributed by atoms with Gasteiger partial charge in [0.2, 0.25) is 0 Å². The summed E-state index contributed by atoms with van der Waals surface area (Å²) in [6.45, 7) is 0.340. The highest BCUT2D eigenvalue weighted by atomic mass is 35.5. The van der Waals surface area contributed by atoms with Crippen LogP contribution in [0.4, 0.5) is 5.69 Å². The largest absolute Gasteiger partial charge is 0.489 e. The van der Waals surface area contributed by atoms with Gasteiger partial charge in [-0.1, -0.05) is 23.2 Å². The van der Waals surface area contributed by atoms with Gasteiger partial charge in [-0.2, -0.15) is 0 Å². The molecular formula is C12H10Cl2N2O. The van der Waals surface area contributed by atoms with Crippen molar-refractivity contribution in [3.8, 4) is 5.75 Å². The van der Waals surface area contributed by atoms with Crippen molar-refractivity contribution >= 4 is 28.9 Å². The van der Waals surface area contributed by atoms with Crippen LogP contribution in [-0.4, -0.2) is 4.98 Å². The lowest BCUT2D eigenvalue weighted by molar-refractivity contribution is 0.306. The van der Waals surface area contributed by atoms with Gasteiger partial charge in [-0.15, -0.1) is 0 Å². The number of benzene rings is 1. The van der Waals surface area contributed by atoms with E-state index in [0.717, 1.165) is 11.3 Å². The van der Waals surface area contributed by atoms with Gasteiger partial charge in [0.05, 0.1) is 5.02 Å². The molecule has 1 aromatic carbocycles. The van der Waals surface area contributed by atoms with Crippen molar-refractivity contribution in [1.29, 1.82) is 0 Å². The molecule has 0 atom stereocenters. The van der Waals surface area contributed by atoms with Crippen LogP contribution in [0, 0.1) is 0 Å². The van der Waals surface area contributed by atoms with Crippen LogP contribution in [0.1, 0.15) is 5.56 Å². The summed E-state index contributed by atoms with van der Waals surface area (Å²) in [6, 6.07) is 8.73. The normalized spacial score (nSPS) is 10.2. The molecule has 0 amide bonds. The van der Waals surface area contributed by atoms with Gasteiger partial charge in [-0.25, -0.2) is 4.98 Å². The Bertz CT molecular complexity index is 514. The molecule has 0 fully saturated rings. The highest BCUT2D eigenvalue weighted by Crippen LogP contribution is 2.21. The number of ether oxygens (including phenoxy) is 1. The Balaban J connectivity index is 2.04. The maximum absolute atomic E-state index is 6.00. The third-order valence-corrected chi connectivity index (χ3v) is 2.73. The van der Waals surface area contributed by atoms with E-state index in [-0.39, 0.29) is 0 Å². The standard InChI is InChI=1S/C12H10Cl2N2O/c13-11-5-12(14)16-6-8(11)7-17-10-3-1-9(15)2-4-10/h1-6H,7,15H2. The van der Waals surface area contributed by atoms with Gasteiger partial charge in [0.15, 0.2) is 0 Å². The summed E-state index contributed by atoms with van der Waals surface area (Å²) >= 11 is 11.7. The molecule has 0 radical (unpaired) electrons. The molecule has 0 saturated heterocycles. The molecular weight excluding hydrogens is 259 g/mol. The number of nitrogens with zero attached hydrogens (tertiary/aromatic N) is 1. The van der Waals surface area contributed by atoms with E-state index >= 15 is 0 Å². The first-order chi connectivity index (χ1) is 8.15. The molecule has 1 aromatic heterocycles. The van der Waals surface area contributed by atoms with E-state index in [1.165, 1.54) is 0 Å². The summed E-state index contributed by atoms with van der Waals surface area (Å²) in [6.07, 6.45) is 1.60. The third-order valence-electron chi connectivity index (χ3n) is 2.17. The Morgan fingerprint density at radius 3 is 2.53 bits per heavy atom. The van der Waals surface area contributed by atoms with Gasteiger partial charge < -0.3 is 10.5 Å². The molecule has 0 aliphatic rings. The Hall–Kier alpha value is -1.45. The Morgan fingerprint density at radius 1 is 1.18 bits per heavy atom. The van der Waals surface area contributed by atoms with Gasteiger partial charge in [0.1, 0.15) is 17.5 Å². The number of hydrogen-bond donors (Lipinski definition) is 1. The summed E-state index contributed by atoms with van der Waals surface area (Å²) < 4.78 is 5.54. The lowest BCUT2D eigenvalue weighted by atomic mass is 10.3. The minimum Gasteiger partial charge on any atom is -0.489 e. The number of aromatic nitrogens is 1. The first-order valence-corrected chi connectivity index (χ1v) is 5.69. The zero-order valence-electron chi connectivity index (χ0n) is 8.86. The lowest BCUT2D eigenvalue weighted by Gasteiger charge is -2.07. The summed E-state index contributed by atoms with van der Waals surface area (Å²) in [4.78, 5) is 3.95. The van der Waals surface area contributed by atoms with E-state index in [2.05, 4.69) is 4.98 Å². The summed E-state index contributed by atoms with van der Waals surface area (Å²) in [5.41, 5.74) is 7.06. The topological polar surface area (TPSA) is 48.1 Å². The first kappa shape index (κ1) is 12.0. The van der Waals surface area contributed by atoms with E-state index in [4.69, 9.17) is 33.7 Å². The summed E-state index contributed by atoms with van der Waals surface area (Å²) in [5, 5.41) is 0.909. The molecule has 88 valence electrons. The van der Waals surface area contributed by atoms with Crippen LogP contribution in [0.25, 0.3) is 0 Å². The van der Waals surface area contributed by atoms with E-state index < -0.39 is 0 Å². The van der Waals surface area contributed by atoms with Crippen molar-refractivity contribution in [1.82, 2.24) is 4.98 Å². The monoisotopic (exact) mass is 268 g/mol. The Morgan fingerprint density at radius 2 is 1.88 bits per heavy atom. The number of nitrogen functional groups attached to an aromatic ring is 1. The smallest absolute Gasteiger partial charge is 0.130 e. The molecule has 2 rings (SSSR count). The predicted octanol–water partition coefficient (Wildman–Crippen LogP) is 3.55. The van der Waals surface area contributed by atoms with Gasteiger partial charge in [0, 0.05) is 17.4 Å². The van der Waals surface area contributed by atoms with Crippen LogP contribution in [0.5, 0.6) is 5.75 Å². The average Bonchev–Trinajstić information content (AvgIpc) is 2.30. The number of hydrogen-bond acceptors (Lipinski definition) is 3. The fourth-order valence-electron chi connectivity index (χ4n) is 1.27. The molecule has 3 nitrogen and oxygen atoms in total. The number of rotatable bonds is 3. The molecule has 2 N–H and O–H groups in total. The first-order valence-electron chi connectivity index (χ1n) is 4.93. The van der Waals surface area contributed by atoms with Gasteiger partial charge in [-0.3, -0.25) is 0 Å². The van der Waals surface area contributed by atoms with Crippen molar-refractivity contribution in [2.45, 2.75) is 6.61 Å². The maximum atomic E-state index is 6.00. The molecule has 0 bridgehead atoms. The fourth-order valence-corrected chi connectivity index (χ4v) is 1.69. The van der Waals surface area contributed by atoms with E-state index in [1.807, 2.05) is 0 Å². The third kappa shape index (κ3) is 3.25. The zero-order chi connectivity index (χ0) is 12.3. The second-order valence-corrected chi connectivity index (χ2v) is 4.25. The minimum absolute atomic E-state index is 0.340. The molecule has 5 heteroatoms.